The Bertz CT molecular complexity index is 693. The van der Waals surface area contributed by atoms with Gasteiger partial charge in [0.05, 0.1) is 5.60 Å². The van der Waals surface area contributed by atoms with Crippen LogP contribution in [0.2, 0.25) is 0 Å². The molecule has 0 radical (unpaired) electrons. The van der Waals surface area contributed by atoms with E-state index < -0.39 is 5.60 Å². The molecule has 184 valence electrons. The molecule has 0 fully saturated rings. The predicted octanol–water partition coefficient (Wildman–Crippen LogP) is 7.76. The van der Waals surface area contributed by atoms with E-state index in [1.54, 1.807) is 20.8 Å². The fourth-order valence-corrected chi connectivity index (χ4v) is 4.79. The van der Waals surface area contributed by atoms with Crippen molar-refractivity contribution in [2.45, 2.75) is 132 Å². The van der Waals surface area contributed by atoms with E-state index in [2.05, 4.69) is 27.7 Å². The zero-order valence-corrected chi connectivity index (χ0v) is 22.3. The van der Waals surface area contributed by atoms with Crippen LogP contribution >= 0.6 is 0 Å². The lowest BCUT2D eigenvalue weighted by Gasteiger charge is -2.26. The molecule has 0 spiro atoms. The first-order valence-electron chi connectivity index (χ1n) is 13.0. The highest BCUT2D eigenvalue weighted by Gasteiger charge is 2.29. The number of carbonyl (C=O) groups excluding carboxylic acids is 2. The van der Waals surface area contributed by atoms with Crippen molar-refractivity contribution in [1.29, 1.82) is 0 Å². The van der Waals surface area contributed by atoms with Gasteiger partial charge in [0.25, 0.3) is 0 Å². The second-order valence-corrected chi connectivity index (χ2v) is 11.4. The monoisotopic (exact) mass is 446 g/mol. The van der Waals surface area contributed by atoms with Gasteiger partial charge in [0.2, 0.25) is 0 Å². The molecule has 1 aliphatic rings. The van der Waals surface area contributed by atoms with Crippen molar-refractivity contribution in [2.24, 2.45) is 17.8 Å². The van der Waals surface area contributed by atoms with E-state index in [0.717, 1.165) is 31.1 Å². The average Bonchev–Trinajstić information content (AvgIpc) is 2.70. The normalized spacial score (nSPS) is 19.1. The molecule has 32 heavy (non-hydrogen) atoms. The second-order valence-electron chi connectivity index (χ2n) is 11.4. The summed E-state index contributed by atoms with van der Waals surface area (Å²) < 4.78 is 0. The second kappa shape index (κ2) is 13.5. The molecule has 1 aliphatic carbocycles. The molecule has 0 bridgehead atoms. The molecule has 0 aromatic carbocycles. The molecule has 0 saturated carbocycles. The summed E-state index contributed by atoms with van der Waals surface area (Å²) in [6.07, 6.45) is 11.8. The van der Waals surface area contributed by atoms with E-state index >= 15 is 0 Å². The first-order chi connectivity index (χ1) is 14.9. The topological polar surface area (TPSA) is 54.4 Å². The van der Waals surface area contributed by atoms with Crippen LogP contribution in [-0.2, 0) is 9.59 Å². The van der Waals surface area contributed by atoms with Crippen LogP contribution in [0.1, 0.15) is 126 Å². The smallest absolute Gasteiger partial charge is 0.185 e. The third-order valence-electron chi connectivity index (χ3n) is 7.51. The van der Waals surface area contributed by atoms with Gasteiger partial charge in [-0.3, -0.25) is 9.59 Å². The maximum Gasteiger partial charge on any atom is 0.185 e. The minimum absolute atomic E-state index is 0.0255. The molecule has 0 saturated heterocycles. The highest BCUT2D eigenvalue weighted by atomic mass is 16.3. The maximum atomic E-state index is 12.6. The van der Waals surface area contributed by atoms with Gasteiger partial charge in [0.15, 0.2) is 11.6 Å². The molecule has 3 atom stereocenters. The molecular formula is C29H50O3. The number of carbonyl (C=O) groups is 2. The third kappa shape index (κ3) is 9.73. The Hall–Kier alpha value is -1.22. The van der Waals surface area contributed by atoms with Gasteiger partial charge >= 0.3 is 0 Å². The van der Waals surface area contributed by atoms with E-state index in [1.165, 1.54) is 38.5 Å². The van der Waals surface area contributed by atoms with Crippen LogP contribution in [0.4, 0.5) is 0 Å². The van der Waals surface area contributed by atoms with E-state index in [-0.39, 0.29) is 11.6 Å². The molecule has 0 amide bonds. The summed E-state index contributed by atoms with van der Waals surface area (Å²) in [6.45, 7) is 16.4. The number of Topliss-reactive ketones (excluding diaryl/α,β-unsaturated/α-hetero) is 2. The molecule has 3 nitrogen and oxygen atoms in total. The number of aliphatic hydroxyl groups is 1. The molecule has 0 aromatic rings. The fourth-order valence-electron chi connectivity index (χ4n) is 4.79. The van der Waals surface area contributed by atoms with Crippen molar-refractivity contribution in [3.05, 3.63) is 22.3 Å². The molecule has 0 heterocycles. The first-order valence-corrected chi connectivity index (χ1v) is 13.0. The van der Waals surface area contributed by atoms with Crippen LogP contribution < -0.4 is 0 Å². The Morgan fingerprint density at radius 3 is 1.69 bits per heavy atom. The Labute approximate surface area is 198 Å². The van der Waals surface area contributed by atoms with Crippen LogP contribution in [0.3, 0.4) is 0 Å². The van der Waals surface area contributed by atoms with Crippen LogP contribution in [0.15, 0.2) is 22.3 Å². The maximum absolute atomic E-state index is 12.6. The number of hydrogen-bond donors (Lipinski definition) is 1. The molecular weight excluding hydrogens is 396 g/mol. The summed E-state index contributed by atoms with van der Waals surface area (Å²) in [5, 5.41) is 10.9. The van der Waals surface area contributed by atoms with E-state index in [1.807, 2.05) is 6.92 Å². The van der Waals surface area contributed by atoms with Crippen LogP contribution in [0, 0.1) is 17.8 Å². The molecule has 3 heteroatoms. The molecule has 1 N–H and O–H groups in total. The van der Waals surface area contributed by atoms with Gasteiger partial charge in [0.1, 0.15) is 0 Å². The third-order valence-corrected chi connectivity index (χ3v) is 7.51. The zero-order chi connectivity index (χ0) is 24.5. The minimum atomic E-state index is -0.800. The van der Waals surface area contributed by atoms with Gasteiger partial charge in [-0.05, 0) is 64.7 Å². The number of allylic oxidation sites excluding steroid dienone is 4. The SMILES string of the molecule is CC1=C(C)C(=O)C(CC[C@](C)(O)CCC[C@@H](C)CCC[C@@H](C)CCCC(C)C)=C(C)C1=O. The first kappa shape index (κ1) is 28.8. The van der Waals surface area contributed by atoms with Gasteiger partial charge in [-0.1, -0.05) is 79.1 Å². The van der Waals surface area contributed by atoms with Crippen molar-refractivity contribution in [2.75, 3.05) is 0 Å². The van der Waals surface area contributed by atoms with Crippen molar-refractivity contribution >= 4 is 11.6 Å². The molecule has 0 unspecified atom stereocenters. The van der Waals surface area contributed by atoms with Crippen molar-refractivity contribution in [1.82, 2.24) is 0 Å². The Morgan fingerprint density at radius 1 is 0.688 bits per heavy atom. The Morgan fingerprint density at radius 2 is 1.16 bits per heavy atom. The largest absolute Gasteiger partial charge is 0.390 e. The van der Waals surface area contributed by atoms with Crippen LogP contribution in [-0.4, -0.2) is 22.3 Å². The van der Waals surface area contributed by atoms with Crippen molar-refractivity contribution in [3.8, 4) is 0 Å². The molecule has 0 aliphatic heterocycles. The minimum Gasteiger partial charge on any atom is -0.390 e. The standard InChI is InChI=1S/C29H50O3/c1-20(2)12-9-13-21(3)14-10-15-22(4)16-11-18-29(8,32)19-17-26-25(7)27(30)23(5)24(6)28(26)31/h20-22,32H,9-19H2,1-8H3/t21-,22-,29+/m0/s1. The summed E-state index contributed by atoms with van der Waals surface area (Å²) in [4.78, 5) is 24.9. The summed E-state index contributed by atoms with van der Waals surface area (Å²) in [6, 6.07) is 0. The Kier molecular flexibility index (Phi) is 12.1. The van der Waals surface area contributed by atoms with Crippen LogP contribution in [0.5, 0.6) is 0 Å². The van der Waals surface area contributed by atoms with Gasteiger partial charge in [0, 0.05) is 22.3 Å². The van der Waals surface area contributed by atoms with Crippen LogP contribution in [0.25, 0.3) is 0 Å². The van der Waals surface area contributed by atoms with Gasteiger partial charge in [-0.15, -0.1) is 0 Å². The van der Waals surface area contributed by atoms with Gasteiger partial charge in [-0.25, -0.2) is 0 Å². The van der Waals surface area contributed by atoms with Crippen molar-refractivity contribution in [3.63, 3.8) is 0 Å². The average molecular weight is 447 g/mol. The van der Waals surface area contributed by atoms with E-state index in [9.17, 15) is 14.7 Å². The lowest BCUT2D eigenvalue weighted by molar-refractivity contribution is -0.116. The summed E-state index contributed by atoms with van der Waals surface area (Å²) in [5.74, 6) is 2.28. The van der Waals surface area contributed by atoms with E-state index in [0.29, 0.717) is 41.1 Å². The van der Waals surface area contributed by atoms with Crippen molar-refractivity contribution < 1.29 is 14.7 Å². The highest BCUT2D eigenvalue weighted by molar-refractivity contribution is 6.24. The van der Waals surface area contributed by atoms with Gasteiger partial charge in [-0.2, -0.15) is 0 Å². The number of rotatable bonds is 15. The Balaban J connectivity index is 2.32. The summed E-state index contributed by atoms with van der Waals surface area (Å²) in [5.41, 5.74) is 1.46. The number of ketones is 2. The van der Waals surface area contributed by atoms with Gasteiger partial charge < -0.3 is 5.11 Å². The predicted molar refractivity (Wildman–Crippen MR) is 136 cm³/mol. The zero-order valence-electron chi connectivity index (χ0n) is 22.3. The van der Waals surface area contributed by atoms with E-state index in [4.69, 9.17) is 0 Å². The lowest BCUT2D eigenvalue weighted by Crippen LogP contribution is -2.27. The summed E-state index contributed by atoms with van der Waals surface area (Å²) in [7, 11) is 0. The number of hydrogen-bond acceptors (Lipinski definition) is 3. The quantitative estimate of drug-likeness (QED) is 0.261. The fraction of sp³-hybridized carbons (Fsp3) is 0.793. The summed E-state index contributed by atoms with van der Waals surface area (Å²) >= 11 is 0. The molecule has 0 aromatic heterocycles. The molecule has 1 rings (SSSR count). The highest BCUT2D eigenvalue weighted by Crippen LogP contribution is 2.31. The lowest BCUT2D eigenvalue weighted by atomic mass is 9.81.